The van der Waals surface area contributed by atoms with Crippen LogP contribution in [-0.2, 0) is 0 Å². The van der Waals surface area contributed by atoms with E-state index in [9.17, 15) is 14.0 Å². The quantitative estimate of drug-likeness (QED) is 0.631. The zero-order valence-corrected chi connectivity index (χ0v) is 17.9. The Hall–Kier alpha value is -3.52. The minimum Gasteiger partial charge on any atom is -0.497 e. The summed E-state index contributed by atoms with van der Waals surface area (Å²) in [6.45, 7) is 1.89. The van der Waals surface area contributed by atoms with E-state index in [2.05, 4.69) is 10.4 Å². The summed E-state index contributed by atoms with van der Waals surface area (Å²) < 4.78 is 20.7. The van der Waals surface area contributed by atoms with E-state index in [1.54, 1.807) is 26.2 Å². The van der Waals surface area contributed by atoms with Crippen LogP contribution in [0.25, 0.3) is 5.69 Å². The molecular weight excluding hydrogens is 399 g/mol. The Kier molecular flexibility index (Phi) is 6.81. The Labute approximate surface area is 180 Å². The molecule has 0 bridgehead atoms. The van der Waals surface area contributed by atoms with Crippen molar-refractivity contribution in [3.8, 4) is 11.4 Å². The fraction of sp³-hybridized carbons (Fsp3) is 0.261. The van der Waals surface area contributed by atoms with Gasteiger partial charge in [0.25, 0.3) is 5.91 Å². The molecule has 3 aromatic rings. The number of carbonyl (C=O) groups is 1. The molecule has 0 aliphatic heterocycles. The number of nitrogens with one attached hydrogen (secondary N) is 1. The average Bonchev–Trinajstić information content (AvgIpc) is 2.75. The van der Waals surface area contributed by atoms with Crippen LogP contribution in [0.4, 0.5) is 4.39 Å². The average molecular weight is 424 g/mol. The van der Waals surface area contributed by atoms with Crippen LogP contribution in [0.15, 0.2) is 59.4 Å². The molecule has 3 rings (SSSR count). The molecule has 8 heteroatoms. The van der Waals surface area contributed by atoms with Crippen molar-refractivity contribution in [2.24, 2.45) is 0 Å². The zero-order chi connectivity index (χ0) is 22.5. The van der Waals surface area contributed by atoms with Crippen LogP contribution in [0.5, 0.6) is 5.75 Å². The molecule has 1 heterocycles. The van der Waals surface area contributed by atoms with E-state index in [0.29, 0.717) is 5.69 Å². The minimum atomic E-state index is -0.615. The van der Waals surface area contributed by atoms with Gasteiger partial charge in [-0.2, -0.15) is 5.10 Å². The third-order valence-electron chi connectivity index (χ3n) is 4.98. The summed E-state index contributed by atoms with van der Waals surface area (Å²) >= 11 is 0. The lowest BCUT2D eigenvalue weighted by Crippen LogP contribution is -2.37. The highest BCUT2D eigenvalue weighted by Gasteiger charge is 2.20. The molecule has 0 spiro atoms. The minimum absolute atomic E-state index is 0.130. The van der Waals surface area contributed by atoms with Gasteiger partial charge < -0.3 is 15.0 Å². The number of likely N-dealkylation sites (N-methyl/N-ethyl adjacent to an activating group) is 1. The number of nitrogens with zero attached hydrogens (tertiary/aromatic N) is 3. The lowest BCUT2D eigenvalue weighted by molar-refractivity contribution is 0.0934. The number of rotatable bonds is 7. The number of hydrogen-bond donors (Lipinski definition) is 1. The molecule has 2 aromatic carbocycles. The van der Waals surface area contributed by atoms with Crippen LogP contribution in [-0.4, -0.2) is 48.3 Å². The van der Waals surface area contributed by atoms with Gasteiger partial charge in [-0.1, -0.05) is 24.3 Å². The highest BCUT2D eigenvalue weighted by Crippen LogP contribution is 2.21. The molecule has 1 atom stereocenters. The molecule has 1 unspecified atom stereocenters. The highest BCUT2D eigenvalue weighted by atomic mass is 19.1. The second kappa shape index (κ2) is 9.53. The largest absolute Gasteiger partial charge is 0.497 e. The predicted octanol–water partition coefficient (Wildman–Crippen LogP) is 2.72. The summed E-state index contributed by atoms with van der Waals surface area (Å²) in [4.78, 5) is 27.2. The molecule has 7 nitrogen and oxygen atoms in total. The maximum absolute atomic E-state index is 14.2. The number of amides is 1. The van der Waals surface area contributed by atoms with Gasteiger partial charge in [0.05, 0.1) is 13.2 Å². The Balaban J connectivity index is 1.84. The van der Waals surface area contributed by atoms with E-state index >= 15 is 0 Å². The number of ether oxygens (including phenoxy) is 1. The molecule has 0 aliphatic rings. The molecule has 0 fully saturated rings. The number of aryl methyl sites for hydroxylation is 1. The number of hydrogen-bond acceptors (Lipinski definition) is 5. The second-order valence-electron chi connectivity index (χ2n) is 7.32. The number of carbonyl (C=O) groups excluding carboxylic acids is 1. The summed E-state index contributed by atoms with van der Waals surface area (Å²) in [5.41, 5.74) is 0.760. The number of para-hydroxylation sites is 1. The maximum Gasteiger partial charge on any atom is 0.275 e. The molecule has 0 radical (unpaired) electrons. The lowest BCUT2D eigenvalue weighted by Gasteiger charge is -2.25. The Morgan fingerprint density at radius 1 is 1.19 bits per heavy atom. The van der Waals surface area contributed by atoms with Crippen molar-refractivity contribution in [2.75, 3.05) is 27.7 Å². The van der Waals surface area contributed by atoms with Crippen molar-refractivity contribution in [3.63, 3.8) is 0 Å². The van der Waals surface area contributed by atoms with Gasteiger partial charge >= 0.3 is 0 Å². The summed E-state index contributed by atoms with van der Waals surface area (Å²) in [6, 6.07) is 14.7. The van der Waals surface area contributed by atoms with Gasteiger partial charge in [-0.15, -0.1) is 0 Å². The Morgan fingerprint density at radius 3 is 2.48 bits per heavy atom. The standard InChI is InChI=1S/C23H25FN4O3/c1-15-13-21(29)22(26-28(15)19-8-6-5-7-18(19)24)23(30)25-14-20(27(2)3)16-9-11-17(31-4)12-10-16/h5-13,20H,14H2,1-4H3,(H,25,30). The molecule has 31 heavy (non-hydrogen) atoms. The van der Waals surface area contributed by atoms with Crippen LogP contribution in [0.3, 0.4) is 0 Å². The van der Waals surface area contributed by atoms with E-state index in [1.165, 1.54) is 22.9 Å². The second-order valence-corrected chi connectivity index (χ2v) is 7.32. The van der Waals surface area contributed by atoms with E-state index in [1.807, 2.05) is 43.3 Å². The van der Waals surface area contributed by atoms with Crippen LogP contribution in [0, 0.1) is 12.7 Å². The van der Waals surface area contributed by atoms with Crippen LogP contribution >= 0.6 is 0 Å². The summed E-state index contributed by atoms with van der Waals surface area (Å²) in [6.07, 6.45) is 0. The molecular formula is C23H25FN4O3. The first kappa shape index (κ1) is 22.2. The monoisotopic (exact) mass is 424 g/mol. The first-order valence-corrected chi connectivity index (χ1v) is 9.76. The van der Waals surface area contributed by atoms with Gasteiger partial charge in [0.2, 0.25) is 5.43 Å². The topological polar surface area (TPSA) is 76.5 Å². The van der Waals surface area contributed by atoms with Crippen molar-refractivity contribution in [3.05, 3.63) is 87.6 Å². The molecule has 1 N–H and O–H groups in total. The molecule has 0 saturated heterocycles. The Bertz CT molecular complexity index is 1130. The SMILES string of the molecule is COc1ccc(C(CNC(=O)c2nn(-c3ccccc3F)c(C)cc2=O)N(C)C)cc1. The number of halogens is 1. The van der Waals surface area contributed by atoms with E-state index in [4.69, 9.17) is 4.74 Å². The van der Waals surface area contributed by atoms with Crippen molar-refractivity contribution in [1.29, 1.82) is 0 Å². The van der Waals surface area contributed by atoms with Crippen LogP contribution in [0.1, 0.15) is 27.8 Å². The first-order valence-electron chi connectivity index (χ1n) is 9.76. The fourth-order valence-electron chi connectivity index (χ4n) is 3.27. The van der Waals surface area contributed by atoms with Crippen molar-refractivity contribution < 1.29 is 13.9 Å². The van der Waals surface area contributed by atoms with Gasteiger partial charge in [-0.25, -0.2) is 9.07 Å². The summed E-state index contributed by atoms with van der Waals surface area (Å²) in [5, 5.41) is 6.92. The van der Waals surface area contributed by atoms with Gasteiger partial charge in [0.15, 0.2) is 5.69 Å². The summed E-state index contributed by atoms with van der Waals surface area (Å²) in [7, 11) is 5.40. The van der Waals surface area contributed by atoms with Crippen LogP contribution in [0.2, 0.25) is 0 Å². The van der Waals surface area contributed by atoms with Crippen molar-refractivity contribution >= 4 is 5.91 Å². The smallest absolute Gasteiger partial charge is 0.275 e. The third-order valence-corrected chi connectivity index (χ3v) is 4.98. The lowest BCUT2D eigenvalue weighted by atomic mass is 10.1. The maximum atomic E-state index is 14.2. The molecule has 1 aromatic heterocycles. The van der Waals surface area contributed by atoms with Gasteiger partial charge in [0.1, 0.15) is 17.3 Å². The molecule has 1 amide bonds. The van der Waals surface area contributed by atoms with E-state index in [0.717, 1.165) is 11.3 Å². The van der Waals surface area contributed by atoms with Gasteiger partial charge in [0, 0.05) is 18.3 Å². The summed E-state index contributed by atoms with van der Waals surface area (Å²) in [5.74, 6) is -0.376. The number of methoxy groups -OCH3 is 1. The molecule has 162 valence electrons. The van der Waals surface area contributed by atoms with Crippen molar-refractivity contribution in [2.45, 2.75) is 13.0 Å². The molecule has 0 aliphatic carbocycles. The van der Waals surface area contributed by atoms with E-state index in [-0.39, 0.29) is 24.0 Å². The van der Waals surface area contributed by atoms with Crippen molar-refractivity contribution in [1.82, 2.24) is 20.0 Å². The predicted molar refractivity (Wildman–Crippen MR) is 116 cm³/mol. The zero-order valence-electron chi connectivity index (χ0n) is 17.9. The first-order chi connectivity index (χ1) is 14.8. The number of benzene rings is 2. The number of aromatic nitrogens is 2. The van der Waals surface area contributed by atoms with E-state index < -0.39 is 17.2 Å². The highest BCUT2D eigenvalue weighted by molar-refractivity contribution is 5.92. The normalized spacial score (nSPS) is 11.9. The fourth-order valence-corrected chi connectivity index (χ4v) is 3.27. The van der Waals surface area contributed by atoms with Gasteiger partial charge in [-0.05, 0) is 50.8 Å². The Morgan fingerprint density at radius 2 is 1.87 bits per heavy atom. The van der Waals surface area contributed by atoms with Gasteiger partial charge in [-0.3, -0.25) is 9.59 Å². The third kappa shape index (κ3) is 4.97. The molecule has 0 saturated carbocycles. The van der Waals surface area contributed by atoms with Crippen LogP contribution < -0.4 is 15.5 Å².